The number of rotatable bonds is 3. The fourth-order valence-corrected chi connectivity index (χ4v) is 1.70. The lowest BCUT2D eigenvalue weighted by atomic mass is 10.1. The number of halogens is 1. The van der Waals surface area contributed by atoms with Gasteiger partial charge in [-0.3, -0.25) is 0 Å². The lowest BCUT2D eigenvalue weighted by Gasteiger charge is -2.11. The predicted molar refractivity (Wildman–Crippen MR) is 68.5 cm³/mol. The van der Waals surface area contributed by atoms with E-state index in [0.717, 1.165) is 10.0 Å². The molecule has 2 aromatic rings. The highest BCUT2D eigenvalue weighted by molar-refractivity contribution is 9.10. The monoisotopic (exact) mass is 295 g/mol. The van der Waals surface area contributed by atoms with Gasteiger partial charge in [0.15, 0.2) is 0 Å². The second-order valence-corrected chi connectivity index (χ2v) is 5.40. The Labute approximate surface area is 108 Å². The summed E-state index contributed by atoms with van der Waals surface area (Å²) in [6.07, 6.45) is 1.77. The Hall–Kier alpha value is -1.20. The van der Waals surface area contributed by atoms with Crippen LogP contribution in [0, 0.1) is 0 Å². The van der Waals surface area contributed by atoms with Crippen molar-refractivity contribution in [2.24, 2.45) is 0 Å². The van der Waals surface area contributed by atoms with Crippen LogP contribution in [-0.4, -0.2) is 20.1 Å². The molecule has 1 N–H and O–H groups in total. The van der Waals surface area contributed by atoms with Crippen molar-refractivity contribution in [3.05, 3.63) is 46.2 Å². The molecule has 90 valence electrons. The molecule has 0 atom stereocenters. The molecule has 5 heteroatoms. The molecule has 17 heavy (non-hydrogen) atoms. The summed E-state index contributed by atoms with van der Waals surface area (Å²) in [5, 5.41) is 17.7. The summed E-state index contributed by atoms with van der Waals surface area (Å²) in [5.74, 6) is 0. The molecule has 2 rings (SSSR count). The third-order valence-electron chi connectivity index (χ3n) is 2.42. The van der Waals surface area contributed by atoms with Crippen molar-refractivity contribution in [1.82, 2.24) is 15.0 Å². The predicted octanol–water partition coefficient (Wildman–Crippen LogP) is 2.32. The molecule has 4 nitrogen and oxygen atoms in total. The van der Waals surface area contributed by atoms with Crippen molar-refractivity contribution < 1.29 is 5.11 Å². The number of hydrogen-bond acceptors (Lipinski definition) is 3. The maximum absolute atomic E-state index is 9.78. The van der Waals surface area contributed by atoms with Gasteiger partial charge < -0.3 is 5.11 Å². The molecule has 0 aliphatic rings. The van der Waals surface area contributed by atoms with Gasteiger partial charge in [-0.05, 0) is 31.5 Å². The first-order valence-corrected chi connectivity index (χ1v) is 6.12. The summed E-state index contributed by atoms with van der Waals surface area (Å²) in [6.45, 7) is 4.04. The first-order valence-electron chi connectivity index (χ1n) is 5.32. The molecule has 1 aromatic carbocycles. The second-order valence-electron chi connectivity index (χ2n) is 4.49. The molecule has 1 heterocycles. The van der Waals surface area contributed by atoms with Crippen molar-refractivity contribution in [1.29, 1.82) is 0 Å². The quantitative estimate of drug-likeness (QED) is 0.945. The van der Waals surface area contributed by atoms with Crippen LogP contribution in [0.1, 0.15) is 25.1 Å². The third kappa shape index (κ3) is 3.14. The second kappa shape index (κ2) is 4.58. The van der Waals surface area contributed by atoms with Gasteiger partial charge in [-0.2, -0.15) is 0 Å². The van der Waals surface area contributed by atoms with Crippen LogP contribution in [0.5, 0.6) is 0 Å². The Kier molecular flexibility index (Phi) is 3.31. The smallest absolute Gasteiger partial charge is 0.114 e. The van der Waals surface area contributed by atoms with Gasteiger partial charge in [-0.25, -0.2) is 4.68 Å². The number of aromatic nitrogens is 3. The van der Waals surface area contributed by atoms with Gasteiger partial charge in [0.2, 0.25) is 0 Å². The Bertz CT molecular complexity index is 499. The topological polar surface area (TPSA) is 50.9 Å². The van der Waals surface area contributed by atoms with Gasteiger partial charge in [0.1, 0.15) is 11.3 Å². The van der Waals surface area contributed by atoms with Crippen molar-refractivity contribution in [2.75, 3.05) is 0 Å². The molecule has 1 aromatic heterocycles. The van der Waals surface area contributed by atoms with E-state index in [1.807, 2.05) is 24.3 Å². The standard InChI is InChI=1S/C12H14BrN3O/c1-12(2,17)11-8-16(15-14-11)7-9-3-5-10(13)6-4-9/h3-6,8,17H,7H2,1-2H3. The number of hydrogen-bond donors (Lipinski definition) is 1. The zero-order chi connectivity index (χ0) is 12.5. The van der Waals surface area contributed by atoms with Gasteiger partial charge in [0.25, 0.3) is 0 Å². The molecular weight excluding hydrogens is 282 g/mol. The Morgan fingerprint density at radius 2 is 1.94 bits per heavy atom. The minimum atomic E-state index is -0.946. The lowest BCUT2D eigenvalue weighted by molar-refractivity contribution is 0.0737. The van der Waals surface area contributed by atoms with Gasteiger partial charge in [0.05, 0.1) is 12.7 Å². The molecule has 0 amide bonds. The highest BCUT2D eigenvalue weighted by Crippen LogP contribution is 2.16. The average molecular weight is 296 g/mol. The van der Waals surface area contributed by atoms with Gasteiger partial charge in [0, 0.05) is 4.47 Å². The van der Waals surface area contributed by atoms with E-state index in [9.17, 15) is 5.11 Å². The summed E-state index contributed by atoms with van der Waals surface area (Å²) in [4.78, 5) is 0. The number of nitrogens with zero attached hydrogens (tertiary/aromatic N) is 3. The van der Waals surface area contributed by atoms with Crippen LogP contribution in [0.4, 0.5) is 0 Å². The summed E-state index contributed by atoms with van der Waals surface area (Å²) in [5.41, 5.74) is 0.771. The van der Waals surface area contributed by atoms with E-state index in [4.69, 9.17) is 0 Å². The summed E-state index contributed by atoms with van der Waals surface area (Å²) < 4.78 is 2.77. The van der Waals surface area contributed by atoms with E-state index in [0.29, 0.717) is 12.2 Å². The van der Waals surface area contributed by atoms with Crippen molar-refractivity contribution in [3.8, 4) is 0 Å². The molecular formula is C12H14BrN3O. The maximum atomic E-state index is 9.78. The minimum absolute atomic E-state index is 0.578. The van der Waals surface area contributed by atoms with E-state index in [1.165, 1.54) is 0 Å². The molecule has 0 fully saturated rings. The van der Waals surface area contributed by atoms with E-state index in [1.54, 1.807) is 24.7 Å². The van der Waals surface area contributed by atoms with Crippen molar-refractivity contribution in [3.63, 3.8) is 0 Å². The molecule has 0 unspecified atom stereocenters. The minimum Gasteiger partial charge on any atom is -0.384 e. The Balaban J connectivity index is 2.14. The van der Waals surface area contributed by atoms with Gasteiger partial charge >= 0.3 is 0 Å². The van der Waals surface area contributed by atoms with Gasteiger partial charge in [-0.1, -0.05) is 33.3 Å². The van der Waals surface area contributed by atoms with Crippen LogP contribution in [0.3, 0.4) is 0 Å². The highest BCUT2D eigenvalue weighted by Gasteiger charge is 2.19. The van der Waals surface area contributed by atoms with E-state index >= 15 is 0 Å². The van der Waals surface area contributed by atoms with Crippen LogP contribution >= 0.6 is 15.9 Å². The normalized spacial score (nSPS) is 11.8. The largest absolute Gasteiger partial charge is 0.384 e. The highest BCUT2D eigenvalue weighted by atomic mass is 79.9. The molecule has 0 saturated carbocycles. The average Bonchev–Trinajstić information content (AvgIpc) is 2.69. The van der Waals surface area contributed by atoms with E-state index in [-0.39, 0.29) is 0 Å². The third-order valence-corrected chi connectivity index (χ3v) is 2.95. The van der Waals surface area contributed by atoms with Crippen LogP contribution in [0.2, 0.25) is 0 Å². The summed E-state index contributed by atoms with van der Waals surface area (Å²) in [6, 6.07) is 8.03. The van der Waals surface area contributed by atoms with Crippen LogP contribution in [-0.2, 0) is 12.1 Å². The first-order chi connectivity index (χ1) is 7.95. The SMILES string of the molecule is CC(C)(O)c1cn(Cc2ccc(Br)cc2)nn1. The van der Waals surface area contributed by atoms with E-state index < -0.39 is 5.60 Å². The summed E-state index contributed by atoms with van der Waals surface area (Å²) >= 11 is 3.39. The number of benzene rings is 1. The molecule has 0 bridgehead atoms. The maximum Gasteiger partial charge on any atom is 0.114 e. The summed E-state index contributed by atoms with van der Waals surface area (Å²) in [7, 11) is 0. The Morgan fingerprint density at radius 3 is 2.47 bits per heavy atom. The molecule has 0 aliphatic carbocycles. The zero-order valence-corrected chi connectivity index (χ0v) is 11.3. The van der Waals surface area contributed by atoms with Crippen LogP contribution < -0.4 is 0 Å². The van der Waals surface area contributed by atoms with E-state index in [2.05, 4.69) is 26.2 Å². The van der Waals surface area contributed by atoms with Gasteiger partial charge in [-0.15, -0.1) is 5.10 Å². The number of aliphatic hydroxyl groups is 1. The van der Waals surface area contributed by atoms with Crippen LogP contribution in [0.15, 0.2) is 34.9 Å². The molecule has 0 aliphatic heterocycles. The molecule has 0 spiro atoms. The van der Waals surface area contributed by atoms with Crippen molar-refractivity contribution in [2.45, 2.75) is 26.0 Å². The van der Waals surface area contributed by atoms with Crippen molar-refractivity contribution >= 4 is 15.9 Å². The molecule has 0 radical (unpaired) electrons. The Morgan fingerprint density at radius 1 is 1.29 bits per heavy atom. The van der Waals surface area contributed by atoms with Crippen LogP contribution in [0.25, 0.3) is 0 Å². The lowest BCUT2D eigenvalue weighted by Crippen LogP contribution is -2.15. The fraction of sp³-hybridized carbons (Fsp3) is 0.333. The fourth-order valence-electron chi connectivity index (χ4n) is 1.43. The molecule has 0 saturated heterocycles. The first kappa shape index (κ1) is 12.3. The zero-order valence-electron chi connectivity index (χ0n) is 9.76.